The number of β-amino-alcohol motifs (C(OH)–C–C–N with tert-alkyl or cyclic N) is 1. The Kier molecular flexibility index (Phi) is 3.27. The number of carbonyl (C=O) groups is 1. The number of hydrogen-bond acceptors (Lipinski definition) is 3. The van der Waals surface area contributed by atoms with Gasteiger partial charge in [-0.15, -0.1) is 6.58 Å². The van der Waals surface area contributed by atoms with Crippen LogP contribution in [-0.4, -0.2) is 53.1 Å². The largest absolute Gasteiger partial charge is 0.465 e. The molecule has 1 saturated heterocycles. The summed E-state index contributed by atoms with van der Waals surface area (Å²) < 4.78 is 5.17. The van der Waals surface area contributed by atoms with Gasteiger partial charge < -0.3 is 19.8 Å². The van der Waals surface area contributed by atoms with Gasteiger partial charge in [0.1, 0.15) is 6.10 Å². The lowest BCUT2D eigenvalue weighted by Gasteiger charge is -2.12. The maximum atomic E-state index is 10.5. The molecule has 0 spiro atoms. The molecule has 1 amide bonds. The van der Waals surface area contributed by atoms with Gasteiger partial charge in [0.25, 0.3) is 0 Å². The highest BCUT2D eigenvalue weighted by atomic mass is 16.5. The SMILES string of the molecule is C=CCO[C@H]1CN(C(=O)O)C[C@@H]1O. The molecule has 5 heteroatoms. The molecule has 0 radical (unpaired) electrons. The Morgan fingerprint density at radius 1 is 1.69 bits per heavy atom. The summed E-state index contributed by atoms with van der Waals surface area (Å²) in [6.07, 6.45) is -0.607. The highest BCUT2D eigenvalue weighted by Crippen LogP contribution is 2.13. The molecular weight excluding hydrogens is 174 g/mol. The molecule has 0 aromatic carbocycles. The third kappa shape index (κ3) is 2.43. The second kappa shape index (κ2) is 4.25. The van der Waals surface area contributed by atoms with Gasteiger partial charge >= 0.3 is 6.09 Å². The van der Waals surface area contributed by atoms with Crippen molar-refractivity contribution < 1.29 is 19.7 Å². The molecule has 0 unspecified atom stereocenters. The molecule has 0 aliphatic carbocycles. The molecule has 5 nitrogen and oxygen atoms in total. The first-order valence-corrected chi connectivity index (χ1v) is 4.03. The molecule has 1 rings (SSSR count). The summed E-state index contributed by atoms with van der Waals surface area (Å²) in [4.78, 5) is 11.6. The van der Waals surface area contributed by atoms with Crippen LogP contribution in [-0.2, 0) is 4.74 Å². The Morgan fingerprint density at radius 2 is 2.38 bits per heavy atom. The number of aliphatic hydroxyl groups is 1. The predicted octanol–water partition coefficient (Wildman–Crippen LogP) is -0.0879. The maximum absolute atomic E-state index is 10.5. The van der Waals surface area contributed by atoms with Crippen LogP contribution in [0.5, 0.6) is 0 Å². The van der Waals surface area contributed by atoms with Crippen LogP contribution < -0.4 is 0 Å². The Labute approximate surface area is 76.2 Å². The number of hydrogen-bond donors (Lipinski definition) is 2. The van der Waals surface area contributed by atoms with Crippen LogP contribution in [0.3, 0.4) is 0 Å². The average molecular weight is 187 g/mol. The monoisotopic (exact) mass is 187 g/mol. The van der Waals surface area contributed by atoms with Crippen LogP contribution in [0, 0.1) is 0 Å². The minimum Gasteiger partial charge on any atom is -0.465 e. The fraction of sp³-hybridized carbons (Fsp3) is 0.625. The zero-order valence-electron chi connectivity index (χ0n) is 7.22. The average Bonchev–Trinajstić information content (AvgIpc) is 2.44. The normalized spacial score (nSPS) is 27.6. The minimum absolute atomic E-state index is 0.122. The number of amides is 1. The lowest BCUT2D eigenvalue weighted by atomic mass is 10.3. The van der Waals surface area contributed by atoms with Crippen LogP contribution in [0.1, 0.15) is 0 Å². The molecule has 2 N–H and O–H groups in total. The van der Waals surface area contributed by atoms with Gasteiger partial charge in [0.05, 0.1) is 25.8 Å². The number of aliphatic hydroxyl groups excluding tert-OH is 1. The van der Waals surface area contributed by atoms with Crippen molar-refractivity contribution in [2.24, 2.45) is 0 Å². The zero-order chi connectivity index (χ0) is 9.84. The van der Waals surface area contributed by atoms with Crippen molar-refractivity contribution in [2.45, 2.75) is 12.2 Å². The van der Waals surface area contributed by atoms with Crippen molar-refractivity contribution in [3.05, 3.63) is 12.7 Å². The Morgan fingerprint density at radius 3 is 2.85 bits per heavy atom. The predicted molar refractivity (Wildman–Crippen MR) is 45.5 cm³/mol. The van der Waals surface area contributed by atoms with E-state index in [2.05, 4.69) is 6.58 Å². The summed E-state index contributed by atoms with van der Waals surface area (Å²) in [5.74, 6) is 0. The number of likely N-dealkylation sites (tertiary alicyclic amines) is 1. The van der Waals surface area contributed by atoms with E-state index in [9.17, 15) is 9.90 Å². The fourth-order valence-corrected chi connectivity index (χ4v) is 1.27. The zero-order valence-corrected chi connectivity index (χ0v) is 7.22. The molecule has 74 valence electrons. The van der Waals surface area contributed by atoms with Gasteiger partial charge in [0.15, 0.2) is 0 Å². The smallest absolute Gasteiger partial charge is 0.407 e. The van der Waals surface area contributed by atoms with Gasteiger partial charge in [-0.1, -0.05) is 6.08 Å². The second-order valence-corrected chi connectivity index (χ2v) is 2.92. The summed E-state index contributed by atoms with van der Waals surface area (Å²) >= 11 is 0. The van der Waals surface area contributed by atoms with Gasteiger partial charge in [-0.05, 0) is 0 Å². The van der Waals surface area contributed by atoms with Crippen molar-refractivity contribution in [2.75, 3.05) is 19.7 Å². The first-order valence-electron chi connectivity index (χ1n) is 4.03. The summed E-state index contributed by atoms with van der Waals surface area (Å²) in [6.45, 7) is 4.14. The van der Waals surface area contributed by atoms with E-state index in [0.717, 1.165) is 4.90 Å². The Balaban J connectivity index is 2.41. The molecule has 1 heterocycles. The van der Waals surface area contributed by atoms with Crippen molar-refractivity contribution in [3.8, 4) is 0 Å². The van der Waals surface area contributed by atoms with Crippen molar-refractivity contribution >= 4 is 6.09 Å². The fourth-order valence-electron chi connectivity index (χ4n) is 1.27. The van der Waals surface area contributed by atoms with E-state index in [-0.39, 0.29) is 13.1 Å². The van der Waals surface area contributed by atoms with Crippen LogP contribution in [0.4, 0.5) is 4.79 Å². The first kappa shape index (κ1) is 10.0. The number of nitrogens with zero attached hydrogens (tertiary/aromatic N) is 1. The van der Waals surface area contributed by atoms with Crippen molar-refractivity contribution in [1.29, 1.82) is 0 Å². The van der Waals surface area contributed by atoms with Crippen LogP contribution in [0.15, 0.2) is 12.7 Å². The lowest BCUT2D eigenvalue weighted by molar-refractivity contribution is 0.00466. The van der Waals surface area contributed by atoms with Crippen LogP contribution in [0.2, 0.25) is 0 Å². The van der Waals surface area contributed by atoms with Gasteiger partial charge in [-0.2, -0.15) is 0 Å². The third-order valence-corrected chi connectivity index (χ3v) is 1.94. The van der Waals surface area contributed by atoms with Crippen LogP contribution in [0.25, 0.3) is 0 Å². The molecule has 2 atom stereocenters. The Hall–Kier alpha value is -1.07. The van der Waals surface area contributed by atoms with E-state index >= 15 is 0 Å². The van der Waals surface area contributed by atoms with Gasteiger partial charge in [0, 0.05) is 0 Å². The molecule has 13 heavy (non-hydrogen) atoms. The van der Waals surface area contributed by atoms with Crippen molar-refractivity contribution in [1.82, 2.24) is 4.90 Å². The third-order valence-electron chi connectivity index (χ3n) is 1.94. The molecule has 1 aliphatic rings. The first-order chi connectivity index (χ1) is 6.15. The molecule has 0 aromatic rings. The molecule has 1 fully saturated rings. The molecule has 1 aliphatic heterocycles. The minimum atomic E-state index is -1.02. The highest BCUT2D eigenvalue weighted by Gasteiger charge is 2.34. The standard InChI is InChI=1S/C8H13NO4/c1-2-3-13-7-5-9(8(11)12)4-6(7)10/h2,6-7,10H,1,3-5H2,(H,11,12)/t6-,7-/m0/s1. The quantitative estimate of drug-likeness (QED) is 0.606. The van der Waals surface area contributed by atoms with Crippen LogP contribution >= 0.6 is 0 Å². The molecule has 0 bridgehead atoms. The summed E-state index contributed by atoms with van der Waals surface area (Å²) in [7, 11) is 0. The van der Waals surface area contributed by atoms with E-state index in [1.165, 1.54) is 0 Å². The van der Waals surface area contributed by atoms with E-state index in [0.29, 0.717) is 6.61 Å². The van der Waals surface area contributed by atoms with Gasteiger partial charge in [0.2, 0.25) is 0 Å². The maximum Gasteiger partial charge on any atom is 0.407 e. The lowest BCUT2D eigenvalue weighted by Crippen LogP contribution is -2.28. The Bertz CT molecular complexity index is 206. The summed E-state index contributed by atoms with van der Waals surface area (Å²) in [5, 5.41) is 18.0. The van der Waals surface area contributed by atoms with Gasteiger partial charge in [-0.25, -0.2) is 4.79 Å². The molecular formula is C8H13NO4. The number of carboxylic acid groups (broad SMARTS) is 1. The highest BCUT2D eigenvalue weighted by molar-refractivity contribution is 5.65. The number of rotatable bonds is 3. The van der Waals surface area contributed by atoms with E-state index in [1.54, 1.807) is 6.08 Å². The topological polar surface area (TPSA) is 70.0 Å². The molecule has 0 aromatic heterocycles. The van der Waals surface area contributed by atoms with Crippen molar-refractivity contribution in [3.63, 3.8) is 0 Å². The van der Waals surface area contributed by atoms with E-state index in [4.69, 9.17) is 9.84 Å². The summed E-state index contributed by atoms with van der Waals surface area (Å²) in [5.41, 5.74) is 0. The number of ether oxygens (including phenoxy) is 1. The van der Waals surface area contributed by atoms with E-state index < -0.39 is 18.3 Å². The van der Waals surface area contributed by atoms with E-state index in [1.807, 2.05) is 0 Å². The molecule has 0 saturated carbocycles. The summed E-state index contributed by atoms with van der Waals surface area (Å²) in [6, 6.07) is 0. The van der Waals surface area contributed by atoms with Gasteiger partial charge in [-0.3, -0.25) is 0 Å². The second-order valence-electron chi connectivity index (χ2n) is 2.92.